The number of fused-ring (bicyclic) bond motifs is 21. The minimum absolute atomic E-state index is 0.469. The highest BCUT2D eigenvalue weighted by Gasteiger charge is 2.30. The quantitative estimate of drug-likeness (QED) is 0.111. The highest BCUT2D eigenvalue weighted by Crippen LogP contribution is 2.50. The van der Waals surface area contributed by atoms with Gasteiger partial charge in [0.25, 0.3) is 0 Å². The van der Waals surface area contributed by atoms with Crippen LogP contribution in [0.2, 0.25) is 0 Å². The Labute approximate surface area is 848 Å². The Hall–Kier alpha value is -20.6. The molecule has 0 radical (unpaired) electrons. The van der Waals surface area contributed by atoms with Crippen molar-refractivity contribution < 1.29 is 22.1 Å². The van der Waals surface area contributed by atoms with Crippen molar-refractivity contribution in [2.75, 3.05) is 0 Å². The second-order valence-electron chi connectivity index (χ2n) is 37.2. The molecule has 0 bridgehead atoms. The zero-order chi connectivity index (χ0) is 98.1. The second-order valence-corrected chi connectivity index (χ2v) is 37.2. The minimum Gasteiger partial charge on any atom is -0.456 e. The van der Waals surface area contributed by atoms with Gasteiger partial charge < -0.3 is 22.1 Å². The predicted molar refractivity (Wildman–Crippen MR) is 600 cm³/mol. The van der Waals surface area contributed by atoms with Gasteiger partial charge in [-0.3, -0.25) is 9.97 Å². The minimum atomic E-state index is 0.469. The number of benzene rings is 20. The molecule has 0 fully saturated rings. The van der Waals surface area contributed by atoms with E-state index < -0.39 is 0 Å². The molecule has 0 unspecified atom stereocenters. The summed E-state index contributed by atoms with van der Waals surface area (Å²) in [6, 6.07) is 152. The maximum absolute atomic E-state index is 6.88. The van der Waals surface area contributed by atoms with Gasteiger partial charge in [-0.1, -0.05) is 358 Å². The van der Waals surface area contributed by atoms with Crippen LogP contribution in [0.3, 0.4) is 0 Å². The number of nitrogens with zero attached hydrogens (tertiary/aromatic N) is 12. The monoisotopic (exact) mass is 1910 g/mol. The molecule has 17 nitrogen and oxygen atoms in total. The zero-order valence-electron chi connectivity index (χ0n) is 79.3. The molecule has 31 aromatic rings. The number of hydrogen-bond acceptors (Lipinski definition) is 17. The molecular formula is C132H76N12O5. The molecular weight excluding hydrogens is 1830 g/mol. The Morgan fingerprint density at radius 2 is 0.497 bits per heavy atom. The Kier molecular flexibility index (Phi) is 20.2. The number of aromatic nitrogens is 12. The van der Waals surface area contributed by atoms with Crippen molar-refractivity contribution in [2.45, 2.75) is 0 Å². The Bertz CT molecular complexity index is 10400. The SMILES string of the molecule is c1ccc(-c2nc(-c3ccc4ccccc4c3)nc(-c3ccc(-c4ccccc4)c4oc5cc6ccccc6nc5c34)n2)cc1.c1ccc(-c2nc(-c3ccc4ccccc4c3)nc(-c3cnc(-c4cccc5oc6ccccc6c45)c4oc5cc6ccccc6cc5c34)n2)cc1.c1ccc(-c2nc(-c3ccc4ccccc4c3)nc(-c3ncc(-c4cccc5oc6ccccc6c45)c4oc5cc6ccccc6cc5c34)n2)cc1. The lowest BCUT2D eigenvalue weighted by Gasteiger charge is -2.11. The third kappa shape index (κ3) is 15.0. The van der Waals surface area contributed by atoms with Crippen LogP contribution in [0.25, 0.3) is 311 Å². The maximum Gasteiger partial charge on any atom is 0.183 e. The number of pyridine rings is 3. The molecule has 0 spiro atoms. The van der Waals surface area contributed by atoms with Crippen molar-refractivity contribution in [1.29, 1.82) is 0 Å². The summed E-state index contributed by atoms with van der Waals surface area (Å²) in [7, 11) is 0. The van der Waals surface area contributed by atoms with Crippen LogP contribution in [0.1, 0.15) is 0 Å². The Morgan fingerprint density at radius 1 is 0.148 bits per heavy atom. The van der Waals surface area contributed by atoms with Crippen molar-refractivity contribution >= 4 is 175 Å². The average Bonchev–Trinajstić information content (AvgIpc) is 1.58. The molecule has 149 heavy (non-hydrogen) atoms. The van der Waals surface area contributed by atoms with Gasteiger partial charge in [0, 0.05) is 117 Å². The first-order valence-corrected chi connectivity index (χ1v) is 49.3. The van der Waals surface area contributed by atoms with E-state index in [-0.39, 0.29) is 0 Å². The first-order valence-electron chi connectivity index (χ1n) is 49.3. The Morgan fingerprint density at radius 3 is 1.01 bits per heavy atom. The summed E-state index contributed by atoms with van der Waals surface area (Å²) >= 11 is 0. The molecule has 0 N–H and O–H groups in total. The van der Waals surface area contributed by atoms with Gasteiger partial charge >= 0.3 is 0 Å². The van der Waals surface area contributed by atoms with Crippen LogP contribution >= 0.6 is 0 Å². The van der Waals surface area contributed by atoms with Crippen LogP contribution in [0.15, 0.2) is 483 Å². The fraction of sp³-hybridized carbons (Fsp3) is 0. The lowest BCUT2D eigenvalue weighted by molar-refractivity contribution is 0.667. The van der Waals surface area contributed by atoms with Crippen molar-refractivity contribution in [3.05, 3.63) is 461 Å². The molecule has 11 aromatic heterocycles. The van der Waals surface area contributed by atoms with E-state index >= 15 is 0 Å². The molecule has 31 rings (SSSR count). The second kappa shape index (κ2) is 35.2. The molecule has 0 saturated heterocycles. The van der Waals surface area contributed by atoms with Gasteiger partial charge in [0.15, 0.2) is 63.6 Å². The van der Waals surface area contributed by atoms with E-state index in [0.717, 1.165) is 236 Å². The van der Waals surface area contributed by atoms with Crippen molar-refractivity contribution in [3.63, 3.8) is 0 Å². The van der Waals surface area contributed by atoms with E-state index in [4.69, 9.17) is 81.9 Å². The molecule has 0 aliphatic rings. The highest BCUT2D eigenvalue weighted by molar-refractivity contribution is 6.24. The molecule has 17 heteroatoms. The highest BCUT2D eigenvalue weighted by atomic mass is 16.3. The van der Waals surface area contributed by atoms with Gasteiger partial charge in [0.05, 0.1) is 16.3 Å². The van der Waals surface area contributed by atoms with Crippen LogP contribution in [0.4, 0.5) is 0 Å². The summed E-state index contributed by atoms with van der Waals surface area (Å²) in [5.74, 6) is 5.07. The topological polar surface area (TPSA) is 220 Å². The van der Waals surface area contributed by atoms with E-state index in [1.165, 1.54) is 5.39 Å². The first kappa shape index (κ1) is 85.2. The Balaban J connectivity index is 0.000000105. The molecule has 0 amide bonds. The maximum atomic E-state index is 6.88. The number of rotatable bonds is 12. The molecule has 20 aromatic carbocycles. The van der Waals surface area contributed by atoms with Crippen LogP contribution in [-0.4, -0.2) is 59.8 Å². The van der Waals surface area contributed by atoms with Crippen LogP contribution in [0.5, 0.6) is 0 Å². The molecule has 0 atom stereocenters. The molecule has 0 aliphatic heterocycles. The first-order chi connectivity index (χ1) is 73.8. The standard InChI is InChI=1S/2C46H26N4O2.C40H24N4O/c1-2-12-28(13-3-1)44-48-45(32-22-21-27-11-4-5-14-29(27)23-32)50-46(49-44)42-41-35-24-30-15-6-7-16-31(30)25-39(35)52-43(41)36(26-47-42)33-18-10-20-38-40(33)34-17-8-9-19-37(34)51-38;1-2-12-28(13-3-1)44-48-45(32-22-21-27-11-4-5-14-29(27)23-32)50-46(49-44)36-26-47-42(34-18-10-20-38-40(34)33-17-8-9-19-37(33)51-38)43-41(36)35-24-30-15-6-7-16-31(30)25-39(35)52-43;1-3-12-26(13-4-1)31-21-22-32(35-36-34(45-37(31)35)24-29-17-9-10-18-33(29)41-36)40-43-38(27-14-5-2-6-15-27)42-39(44-40)30-20-19-25-11-7-8-16-28(25)23-30/h2*1-26H;1-24H. The predicted octanol–water partition coefficient (Wildman–Crippen LogP) is 34.2. The van der Waals surface area contributed by atoms with Gasteiger partial charge in [-0.2, -0.15) is 0 Å². The van der Waals surface area contributed by atoms with Crippen LogP contribution in [0, 0.1) is 0 Å². The zero-order valence-corrected chi connectivity index (χ0v) is 79.3. The van der Waals surface area contributed by atoms with Gasteiger partial charge in [-0.25, -0.2) is 49.8 Å². The summed E-state index contributed by atoms with van der Waals surface area (Å²) in [5, 5.41) is 20.9. The van der Waals surface area contributed by atoms with E-state index in [2.05, 4.69) is 212 Å². The van der Waals surface area contributed by atoms with E-state index in [1.54, 1.807) is 0 Å². The van der Waals surface area contributed by atoms with Gasteiger partial charge in [-0.05, 0) is 156 Å². The van der Waals surface area contributed by atoms with E-state index in [1.807, 2.05) is 249 Å². The van der Waals surface area contributed by atoms with Gasteiger partial charge in [0.2, 0.25) is 0 Å². The molecule has 11 heterocycles. The fourth-order valence-electron chi connectivity index (χ4n) is 21.0. The third-order valence-electron chi connectivity index (χ3n) is 28.2. The van der Waals surface area contributed by atoms with E-state index in [0.29, 0.717) is 69.3 Å². The van der Waals surface area contributed by atoms with Gasteiger partial charge in [0.1, 0.15) is 61.6 Å². The average molecular weight is 1910 g/mol. The summed E-state index contributed by atoms with van der Waals surface area (Å²) in [4.78, 5) is 61.2. The normalized spacial score (nSPS) is 11.8. The summed E-state index contributed by atoms with van der Waals surface area (Å²) in [5.41, 5.74) is 22.5. The van der Waals surface area contributed by atoms with Crippen molar-refractivity contribution in [3.8, 4) is 136 Å². The number of para-hydroxylation sites is 3. The van der Waals surface area contributed by atoms with E-state index in [9.17, 15) is 0 Å². The molecule has 0 saturated carbocycles. The summed E-state index contributed by atoms with van der Waals surface area (Å²) in [6.45, 7) is 0. The largest absolute Gasteiger partial charge is 0.456 e. The lowest BCUT2D eigenvalue weighted by Crippen LogP contribution is -2.02. The number of furan rings is 5. The van der Waals surface area contributed by atoms with Crippen LogP contribution < -0.4 is 0 Å². The van der Waals surface area contributed by atoms with Gasteiger partial charge in [-0.15, -0.1) is 0 Å². The third-order valence-corrected chi connectivity index (χ3v) is 28.2. The smallest absolute Gasteiger partial charge is 0.183 e. The van der Waals surface area contributed by atoms with Crippen molar-refractivity contribution in [1.82, 2.24) is 59.8 Å². The molecule has 0 aliphatic carbocycles. The summed E-state index contributed by atoms with van der Waals surface area (Å²) < 4.78 is 33.0. The fourth-order valence-corrected chi connectivity index (χ4v) is 21.0. The van der Waals surface area contributed by atoms with Crippen molar-refractivity contribution in [2.24, 2.45) is 0 Å². The lowest BCUT2D eigenvalue weighted by atomic mass is 9.98. The summed E-state index contributed by atoms with van der Waals surface area (Å²) in [6.07, 6.45) is 3.77. The molecule has 694 valence electrons. The number of hydrogen-bond donors (Lipinski definition) is 0. The van der Waals surface area contributed by atoms with Crippen LogP contribution in [-0.2, 0) is 0 Å².